The van der Waals surface area contributed by atoms with Crippen molar-refractivity contribution in [2.75, 3.05) is 18.5 Å². The highest BCUT2D eigenvalue weighted by atomic mass is 35.5. The molecule has 78 valence electrons. The molecule has 1 atom stereocenters. The van der Waals surface area contributed by atoms with Gasteiger partial charge in [0.05, 0.1) is 10.7 Å². The van der Waals surface area contributed by atoms with Crippen molar-refractivity contribution in [2.24, 2.45) is 5.73 Å². The summed E-state index contributed by atoms with van der Waals surface area (Å²) in [6.45, 7) is 2.91. The molecule has 1 rings (SSSR count). The predicted octanol–water partition coefficient (Wildman–Crippen LogP) is 1.91. The summed E-state index contributed by atoms with van der Waals surface area (Å²) in [4.78, 5) is 6.03. The second-order valence-electron chi connectivity index (χ2n) is 3.51. The summed E-state index contributed by atoms with van der Waals surface area (Å²) in [7, 11) is 2.00. The molecule has 3 nitrogen and oxygen atoms in total. The molecule has 0 amide bonds. The second kappa shape index (κ2) is 5.17. The summed E-state index contributed by atoms with van der Waals surface area (Å²) < 4.78 is 0. The lowest BCUT2D eigenvalue weighted by Crippen LogP contribution is -2.25. The van der Waals surface area contributed by atoms with Crippen molar-refractivity contribution in [1.29, 1.82) is 0 Å². The molecule has 0 spiro atoms. The summed E-state index contributed by atoms with van der Waals surface area (Å²) in [5, 5.41) is 0.680. The van der Waals surface area contributed by atoms with E-state index < -0.39 is 0 Å². The maximum Gasteiger partial charge on any atom is 0.0822 e. The summed E-state index contributed by atoms with van der Waals surface area (Å²) in [6, 6.07) is 2.13. The second-order valence-corrected chi connectivity index (χ2v) is 3.92. The lowest BCUT2D eigenvalue weighted by atomic mass is 10.2. The maximum absolute atomic E-state index is 6.00. The van der Waals surface area contributed by atoms with E-state index in [0.29, 0.717) is 5.02 Å². The number of nitrogens with two attached hydrogens (primary N) is 1. The zero-order valence-electron chi connectivity index (χ0n) is 8.57. The number of anilines is 1. The quantitative estimate of drug-likeness (QED) is 0.831. The van der Waals surface area contributed by atoms with Gasteiger partial charge in [-0.2, -0.15) is 0 Å². The third-order valence-electron chi connectivity index (χ3n) is 2.08. The van der Waals surface area contributed by atoms with Gasteiger partial charge in [0.2, 0.25) is 0 Å². The molecule has 0 radical (unpaired) electrons. The SMILES string of the molecule is CC(N)CCN(C)c1ccncc1Cl. The van der Waals surface area contributed by atoms with Gasteiger partial charge >= 0.3 is 0 Å². The topological polar surface area (TPSA) is 42.1 Å². The third kappa shape index (κ3) is 3.16. The van der Waals surface area contributed by atoms with Crippen molar-refractivity contribution in [3.8, 4) is 0 Å². The van der Waals surface area contributed by atoms with Crippen molar-refractivity contribution in [1.82, 2.24) is 4.98 Å². The highest BCUT2D eigenvalue weighted by Gasteiger charge is 2.05. The highest BCUT2D eigenvalue weighted by molar-refractivity contribution is 6.33. The molecular formula is C10H16ClN3. The Morgan fingerprint density at radius 2 is 2.36 bits per heavy atom. The summed E-state index contributed by atoms with van der Waals surface area (Å²) in [6.07, 6.45) is 4.35. The third-order valence-corrected chi connectivity index (χ3v) is 2.37. The van der Waals surface area contributed by atoms with E-state index in [1.807, 2.05) is 20.0 Å². The molecule has 0 aromatic carbocycles. The first-order valence-electron chi connectivity index (χ1n) is 4.67. The Bertz CT molecular complexity index is 288. The normalized spacial score (nSPS) is 12.6. The molecule has 1 heterocycles. The van der Waals surface area contributed by atoms with Crippen LogP contribution >= 0.6 is 11.6 Å². The molecule has 0 saturated heterocycles. The van der Waals surface area contributed by atoms with E-state index in [-0.39, 0.29) is 6.04 Å². The van der Waals surface area contributed by atoms with E-state index >= 15 is 0 Å². The first kappa shape index (κ1) is 11.3. The molecular weight excluding hydrogens is 198 g/mol. The Morgan fingerprint density at radius 1 is 1.64 bits per heavy atom. The van der Waals surface area contributed by atoms with Crippen molar-refractivity contribution in [2.45, 2.75) is 19.4 Å². The van der Waals surface area contributed by atoms with Crippen LogP contribution in [-0.4, -0.2) is 24.6 Å². The van der Waals surface area contributed by atoms with Crippen LogP contribution < -0.4 is 10.6 Å². The number of aromatic nitrogens is 1. The summed E-state index contributed by atoms with van der Waals surface area (Å²) in [5.41, 5.74) is 6.69. The molecule has 0 aliphatic carbocycles. The van der Waals surface area contributed by atoms with Crippen molar-refractivity contribution in [3.63, 3.8) is 0 Å². The van der Waals surface area contributed by atoms with Crippen LogP contribution in [-0.2, 0) is 0 Å². The number of hydrogen-bond donors (Lipinski definition) is 1. The van der Waals surface area contributed by atoms with Crippen LogP contribution in [0.1, 0.15) is 13.3 Å². The lowest BCUT2D eigenvalue weighted by molar-refractivity contribution is 0.659. The number of rotatable bonds is 4. The van der Waals surface area contributed by atoms with E-state index in [0.717, 1.165) is 18.7 Å². The van der Waals surface area contributed by atoms with Gasteiger partial charge in [-0.15, -0.1) is 0 Å². The maximum atomic E-state index is 6.00. The molecule has 0 saturated carbocycles. The number of pyridine rings is 1. The first-order chi connectivity index (χ1) is 6.61. The smallest absolute Gasteiger partial charge is 0.0822 e. The van der Waals surface area contributed by atoms with E-state index in [9.17, 15) is 0 Å². The van der Waals surface area contributed by atoms with Crippen LogP contribution in [0.25, 0.3) is 0 Å². The van der Waals surface area contributed by atoms with E-state index in [1.54, 1.807) is 12.4 Å². The monoisotopic (exact) mass is 213 g/mol. The van der Waals surface area contributed by atoms with Crippen molar-refractivity contribution < 1.29 is 0 Å². The van der Waals surface area contributed by atoms with Crippen LogP contribution in [0.5, 0.6) is 0 Å². The minimum atomic E-state index is 0.220. The largest absolute Gasteiger partial charge is 0.373 e. The Kier molecular flexibility index (Phi) is 4.17. The predicted molar refractivity (Wildman–Crippen MR) is 60.8 cm³/mol. The Balaban J connectivity index is 2.60. The standard InChI is InChI=1S/C10H16ClN3/c1-8(12)4-6-14(2)10-3-5-13-7-9(10)11/h3,5,7-8H,4,6,12H2,1-2H3. The number of hydrogen-bond acceptors (Lipinski definition) is 3. The lowest BCUT2D eigenvalue weighted by Gasteiger charge is -2.21. The zero-order chi connectivity index (χ0) is 10.6. The van der Waals surface area contributed by atoms with Crippen LogP contribution in [0.3, 0.4) is 0 Å². The van der Waals surface area contributed by atoms with E-state index in [1.165, 1.54) is 0 Å². The van der Waals surface area contributed by atoms with Crippen LogP contribution in [0, 0.1) is 0 Å². The number of halogens is 1. The van der Waals surface area contributed by atoms with Gasteiger partial charge in [-0.3, -0.25) is 4.98 Å². The van der Waals surface area contributed by atoms with Gasteiger partial charge in [-0.25, -0.2) is 0 Å². The molecule has 1 aromatic heterocycles. The van der Waals surface area contributed by atoms with Gasteiger partial charge in [0, 0.05) is 32.0 Å². The number of nitrogens with zero attached hydrogens (tertiary/aromatic N) is 2. The minimum absolute atomic E-state index is 0.220. The molecule has 0 bridgehead atoms. The van der Waals surface area contributed by atoms with Crippen LogP contribution in [0.2, 0.25) is 5.02 Å². The van der Waals surface area contributed by atoms with Crippen LogP contribution in [0.15, 0.2) is 18.5 Å². The summed E-state index contributed by atoms with van der Waals surface area (Å²) >= 11 is 6.00. The fourth-order valence-electron chi connectivity index (χ4n) is 1.20. The van der Waals surface area contributed by atoms with Crippen molar-refractivity contribution >= 4 is 17.3 Å². The molecule has 0 aliphatic heterocycles. The molecule has 4 heteroatoms. The Morgan fingerprint density at radius 3 is 2.93 bits per heavy atom. The zero-order valence-corrected chi connectivity index (χ0v) is 9.33. The Labute approximate surface area is 89.9 Å². The fraction of sp³-hybridized carbons (Fsp3) is 0.500. The molecule has 1 unspecified atom stereocenters. The van der Waals surface area contributed by atoms with Gasteiger partial charge in [-0.1, -0.05) is 11.6 Å². The molecule has 1 aromatic rings. The van der Waals surface area contributed by atoms with Crippen molar-refractivity contribution in [3.05, 3.63) is 23.5 Å². The van der Waals surface area contributed by atoms with Gasteiger partial charge in [0.25, 0.3) is 0 Å². The summed E-state index contributed by atoms with van der Waals surface area (Å²) in [5.74, 6) is 0. The molecule has 14 heavy (non-hydrogen) atoms. The first-order valence-corrected chi connectivity index (χ1v) is 5.05. The molecule has 0 aliphatic rings. The van der Waals surface area contributed by atoms with E-state index in [4.69, 9.17) is 17.3 Å². The highest BCUT2D eigenvalue weighted by Crippen LogP contribution is 2.22. The van der Waals surface area contributed by atoms with Gasteiger partial charge in [-0.05, 0) is 19.4 Å². The minimum Gasteiger partial charge on any atom is -0.373 e. The van der Waals surface area contributed by atoms with Gasteiger partial charge < -0.3 is 10.6 Å². The van der Waals surface area contributed by atoms with Gasteiger partial charge in [0.15, 0.2) is 0 Å². The fourth-order valence-corrected chi connectivity index (χ4v) is 1.46. The average molecular weight is 214 g/mol. The van der Waals surface area contributed by atoms with Crippen LogP contribution in [0.4, 0.5) is 5.69 Å². The Hall–Kier alpha value is -0.800. The van der Waals surface area contributed by atoms with E-state index in [2.05, 4.69) is 9.88 Å². The molecule has 2 N–H and O–H groups in total. The molecule has 0 fully saturated rings. The van der Waals surface area contributed by atoms with Gasteiger partial charge in [0.1, 0.15) is 0 Å². The average Bonchev–Trinajstić information content (AvgIpc) is 2.15.